The van der Waals surface area contributed by atoms with Gasteiger partial charge in [0, 0.05) is 24.4 Å². The van der Waals surface area contributed by atoms with Gasteiger partial charge in [-0.05, 0) is 31.7 Å². The fraction of sp³-hybridized carbons (Fsp3) is 0.571. The number of nitrogens with zero attached hydrogens (tertiary/aromatic N) is 1. The molecule has 1 aromatic rings. The largest absolute Gasteiger partial charge is 0.329 e. The van der Waals surface area contributed by atoms with Crippen LogP contribution in [0.15, 0.2) is 24.3 Å². The van der Waals surface area contributed by atoms with Crippen LogP contribution in [0, 0.1) is 6.92 Å². The van der Waals surface area contributed by atoms with Gasteiger partial charge in [0.25, 0.3) is 0 Å². The second-order valence-corrected chi connectivity index (χ2v) is 5.99. The van der Waals surface area contributed by atoms with Gasteiger partial charge in [0.2, 0.25) is 0 Å². The molecule has 1 saturated heterocycles. The zero-order valence-electron chi connectivity index (χ0n) is 10.7. The van der Waals surface area contributed by atoms with E-state index in [-0.39, 0.29) is 0 Å². The molecule has 17 heavy (non-hydrogen) atoms. The van der Waals surface area contributed by atoms with Gasteiger partial charge >= 0.3 is 0 Å². The Morgan fingerprint density at radius 3 is 2.65 bits per heavy atom. The Labute approximate surface area is 109 Å². The van der Waals surface area contributed by atoms with Gasteiger partial charge in [-0.1, -0.05) is 29.8 Å². The van der Waals surface area contributed by atoms with E-state index in [1.807, 2.05) is 0 Å². The summed E-state index contributed by atoms with van der Waals surface area (Å²) in [6.07, 6.45) is 1.30. The van der Waals surface area contributed by atoms with Gasteiger partial charge in [-0.15, -0.1) is 0 Å². The van der Waals surface area contributed by atoms with Gasteiger partial charge in [0.1, 0.15) is 0 Å². The first-order valence-electron chi connectivity index (χ1n) is 6.28. The minimum absolute atomic E-state index is 0.360. The fourth-order valence-corrected chi connectivity index (χ4v) is 3.70. The lowest BCUT2D eigenvalue weighted by molar-refractivity contribution is 0.193. The van der Waals surface area contributed by atoms with Crippen molar-refractivity contribution in [3.8, 4) is 0 Å². The molecule has 3 heteroatoms. The first kappa shape index (κ1) is 12.9. The summed E-state index contributed by atoms with van der Waals surface area (Å²) in [6.45, 7) is 2.82. The highest BCUT2D eigenvalue weighted by atomic mass is 32.2. The average molecular weight is 250 g/mol. The highest BCUT2D eigenvalue weighted by Gasteiger charge is 2.25. The first-order chi connectivity index (χ1) is 8.22. The summed E-state index contributed by atoms with van der Waals surface area (Å²) in [4.78, 5) is 2.46. The number of likely N-dealkylation sites (N-methyl/N-ethyl adjacent to an activating group) is 1. The molecule has 0 amide bonds. The van der Waals surface area contributed by atoms with Gasteiger partial charge in [-0.2, -0.15) is 11.8 Å². The SMILES string of the molecule is Cc1ccc(C(CN)N(C)C2CCSC2)cc1. The number of benzene rings is 1. The third-order valence-corrected chi connectivity index (χ3v) is 4.80. The average Bonchev–Trinajstić information content (AvgIpc) is 2.86. The van der Waals surface area contributed by atoms with Crippen LogP contribution < -0.4 is 5.73 Å². The Hall–Kier alpha value is -0.510. The van der Waals surface area contributed by atoms with Crippen molar-refractivity contribution in [3.05, 3.63) is 35.4 Å². The van der Waals surface area contributed by atoms with Crippen LogP contribution in [0.1, 0.15) is 23.6 Å². The van der Waals surface area contributed by atoms with Crippen LogP contribution in [0.3, 0.4) is 0 Å². The quantitative estimate of drug-likeness (QED) is 0.890. The van der Waals surface area contributed by atoms with E-state index in [9.17, 15) is 0 Å². The molecule has 0 spiro atoms. The van der Waals surface area contributed by atoms with Crippen LogP contribution >= 0.6 is 11.8 Å². The molecule has 2 unspecified atom stereocenters. The zero-order chi connectivity index (χ0) is 12.3. The smallest absolute Gasteiger partial charge is 0.0470 e. The number of thioether (sulfide) groups is 1. The highest BCUT2D eigenvalue weighted by Crippen LogP contribution is 2.28. The first-order valence-corrected chi connectivity index (χ1v) is 7.44. The maximum Gasteiger partial charge on any atom is 0.0470 e. The minimum atomic E-state index is 0.360. The summed E-state index contributed by atoms with van der Waals surface area (Å²) >= 11 is 2.05. The molecule has 2 rings (SSSR count). The molecule has 0 bridgehead atoms. The number of hydrogen-bond donors (Lipinski definition) is 1. The van der Waals surface area contributed by atoms with Gasteiger partial charge in [0.15, 0.2) is 0 Å². The molecule has 1 aliphatic rings. The summed E-state index contributed by atoms with van der Waals surface area (Å²) < 4.78 is 0. The molecular formula is C14H22N2S. The topological polar surface area (TPSA) is 29.3 Å². The van der Waals surface area contributed by atoms with Crippen LogP contribution in [0.25, 0.3) is 0 Å². The van der Waals surface area contributed by atoms with Crippen LogP contribution in [0.2, 0.25) is 0 Å². The predicted molar refractivity (Wildman–Crippen MR) is 76.5 cm³/mol. The minimum Gasteiger partial charge on any atom is -0.329 e. The van der Waals surface area contributed by atoms with E-state index in [1.165, 1.54) is 29.1 Å². The molecule has 94 valence electrons. The second kappa shape index (κ2) is 5.89. The molecule has 0 aliphatic carbocycles. The van der Waals surface area contributed by atoms with E-state index in [1.54, 1.807) is 0 Å². The van der Waals surface area contributed by atoms with Crippen molar-refractivity contribution >= 4 is 11.8 Å². The Bertz CT molecular complexity index is 344. The number of nitrogens with two attached hydrogens (primary N) is 1. The lowest BCUT2D eigenvalue weighted by Gasteiger charge is -2.32. The van der Waals surface area contributed by atoms with Crippen LogP contribution in [0.5, 0.6) is 0 Å². The summed E-state index contributed by atoms with van der Waals surface area (Å²) in [6, 6.07) is 9.83. The molecular weight excluding hydrogens is 228 g/mol. The van der Waals surface area contributed by atoms with E-state index >= 15 is 0 Å². The van der Waals surface area contributed by atoms with E-state index in [4.69, 9.17) is 5.73 Å². The molecule has 1 heterocycles. The molecule has 1 fully saturated rings. The van der Waals surface area contributed by atoms with Gasteiger partial charge in [0.05, 0.1) is 0 Å². The Morgan fingerprint density at radius 1 is 1.41 bits per heavy atom. The highest BCUT2D eigenvalue weighted by molar-refractivity contribution is 7.99. The maximum atomic E-state index is 5.96. The molecule has 2 N–H and O–H groups in total. The summed E-state index contributed by atoms with van der Waals surface area (Å²) in [5, 5.41) is 0. The van der Waals surface area contributed by atoms with Crippen LogP contribution in [-0.4, -0.2) is 36.0 Å². The zero-order valence-corrected chi connectivity index (χ0v) is 11.5. The number of rotatable bonds is 4. The maximum absolute atomic E-state index is 5.96. The Morgan fingerprint density at radius 2 is 2.12 bits per heavy atom. The van der Waals surface area contributed by atoms with Crippen molar-refractivity contribution in [1.29, 1.82) is 0 Å². The molecule has 0 saturated carbocycles. The van der Waals surface area contributed by atoms with Crippen molar-refractivity contribution in [3.63, 3.8) is 0 Å². The molecule has 2 atom stereocenters. The molecule has 1 aliphatic heterocycles. The number of aryl methyl sites for hydroxylation is 1. The molecule has 0 radical (unpaired) electrons. The summed E-state index contributed by atoms with van der Waals surface area (Å²) in [5.41, 5.74) is 8.62. The predicted octanol–water partition coefficient (Wildman–Crippen LogP) is 2.43. The Balaban J connectivity index is 2.11. The molecule has 0 aromatic heterocycles. The Kier molecular flexibility index (Phi) is 4.48. The van der Waals surface area contributed by atoms with E-state index in [2.05, 4.69) is 54.9 Å². The molecule has 1 aromatic carbocycles. The lowest BCUT2D eigenvalue weighted by Crippen LogP contribution is -2.38. The third kappa shape index (κ3) is 3.03. The van der Waals surface area contributed by atoms with Crippen molar-refractivity contribution in [2.45, 2.75) is 25.4 Å². The van der Waals surface area contributed by atoms with E-state index < -0.39 is 0 Å². The van der Waals surface area contributed by atoms with Crippen molar-refractivity contribution in [2.24, 2.45) is 5.73 Å². The summed E-state index contributed by atoms with van der Waals surface area (Å²) in [7, 11) is 2.22. The summed E-state index contributed by atoms with van der Waals surface area (Å²) in [5.74, 6) is 2.54. The van der Waals surface area contributed by atoms with Crippen molar-refractivity contribution in [2.75, 3.05) is 25.1 Å². The number of hydrogen-bond acceptors (Lipinski definition) is 3. The molecule has 2 nitrogen and oxygen atoms in total. The van der Waals surface area contributed by atoms with Gasteiger partial charge < -0.3 is 5.73 Å². The standard InChI is InChI=1S/C14H22N2S/c1-11-3-5-12(6-4-11)14(9-15)16(2)13-7-8-17-10-13/h3-6,13-14H,7-10,15H2,1-2H3. The van der Waals surface area contributed by atoms with Crippen LogP contribution in [-0.2, 0) is 0 Å². The second-order valence-electron chi connectivity index (χ2n) is 4.85. The third-order valence-electron chi connectivity index (χ3n) is 3.66. The van der Waals surface area contributed by atoms with Crippen LogP contribution in [0.4, 0.5) is 0 Å². The van der Waals surface area contributed by atoms with E-state index in [0.717, 1.165) is 0 Å². The van der Waals surface area contributed by atoms with Crippen molar-refractivity contribution in [1.82, 2.24) is 4.90 Å². The normalized spacial score (nSPS) is 22.0. The van der Waals surface area contributed by atoms with Crippen molar-refractivity contribution < 1.29 is 0 Å². The monoisotopic (exact) mass is 250 g/mol. The fourth-order valence-electron chi connectivity index (χ4n) is 2.42. The van der Waals surface area contributed by atoms with E-state index in [0.29, 0.717) is 18.6 Å². The van der Waals surface area contributed by atoms with Gasteiger partial charge in [-0.3, -0.25) is 4.90 Å². The lowest BCUT2D eigenvalue weighted by atomic mass is 10.0. The van der Waals surface area contributed by atoms with Gasteiger partial charge in [-0.25, -0.2) is 0 Å².